The van der Waals surface area contributed by atoms with Crippen LogP contribution >= 0.6 is 0 Å². The molecule has 3 nitrogen and oxygen atoms in total. The van der Waals surface area contributed by atoms with Gasteiger partial charge in [0.15, 0.2) is 0 Å². The highest BCUT2D eigenvalue weighted by atomic mass is 16.5. The van der Waals surface area contributed by atoms with Crippen molar-refractivity contribution in [1.29, 1.82) is 0 Å². The molecule has 0 bridgehead atoms. The second kappa shape index (κ2) is 3.30. The molecule has 0 radical (unpaired) electrons. The van der Waals surface area contributed by atoms with E-state index in [2.05, 4.69) is 13.8 Å². The van der Waals surface area contributed by atoms with Crippen molar-refractivity contribution in [2.75, 3.05) is 0 Å². The number of esters is 1. The Morgan fingerprint density at radius 3 is 2.71 bits per heavy atom. The summed E-state index contributed by atoms with van der Waals surface area (Å²) >= 11 is 0. The highest BCUT2D eigenvalue weighted by molar-refractivity contribution is 5.83. The van der Waals surface area contributed by atoms with Crippen molar-refractivity contribution in [2.45, 2.75) is 32.8 Å². The first kappa shape index (κ1) is 9.56. The van der Waals surface area contributed by atoms with E-state index in [1.165, 1.54) is 6.08 Å². The van der Waals surface area contributed by atoms with Gasteiger partial charge in [-0.1, -0.05) is 13.8 Å². The molecule has 0 saturated heterocycles. The maximum atomic E-state index is 11.1. The first-order chi connectivity index (χ1) is 6.58. The highest BCUT2D eigenvalue weighted by Gasteiger charge is 2.39. The van der Waals surface area contributed by atoms with E-state index in [-0.39, 0.29) is 17.8 Å². The van der Waals surface area contributed by atoms with Gasteiger partial charge in [-0.15, -0.1) is 0 Å². The normalized spacial score (nSPS) is 42.4. The third-order valence-electron chi connectivity index (χ3n) is 3.56. The van der Waals surface area contributed by atoms with Crippen molar-refractivity contribution < 1.29 is 14.6 Å². The molecular formula is C11H16O3. The van der Waals surface area contributed by atoms with Crippen molar-refractivity contribution in [3.63, 3.8) is 0 Å². The lowest BCUT2D eigenvalue weighted by atomic mass is 9.72. The van der Waals surface area contributed by atoms with Crippen LogP contribution in [0.3, 0.4) is 0 Å². The van der Waals surface area contributed by atoms with Crippen LogP contribution in [0.1, 0.15) is 26.7 Å². The summed E-state index contributed by atoms with van der Waals surface area (Å²) in [5, 5.41) is 9.64. The van der Waals surface area contributed by atoms with Crippen LogP contribution in [0.25, 0.3) is 0 Å². The molecule has 4 unspecified atom stereocenters. The van der Waals surface area contributed by atoms with Crippen LogP contribution in [0, 0.1) is 17.8 Å². The summed E-state index contributed by atoms with van der Waals surface area (Å²) < 4.78 is 5.20. The van der Waals surface area contributed by atoms with E-state index in [1.54, 1.807) is 0 Å². The highest BCUT2D eigenvalue weighted by Crippen LogP contribution is 2.39. The van der Waals surface area contributed by atoms with E-state index >= 15 is 0 Å². The van der Waals surface area contributed by atoms with Gasteiger partial charge in [-0.25, -0.2) is 4.79 Å². The minimum Gasteiger partial charge on any atom is -0.512 e. The van der Waals surface area contributed by atoms with Crippen LogP contribution in [0.2, 0.25) is 0 Å². The summed E-state index contributed by atoms with van der Waals surface area (Å²) in [6.07, 6.45) is 2.90. The number of rotatable bonds is 0. The Balaban J connectivity index is 2.19. The molecule has 3 heteroatoms. The average Bonchev–Trinajstić information content (AvgIpc) is 2.08. The van der Waals surface area contributed by atoms with Crippen LogP contribution in [0.5, 0.6) is 0 Å². The standard InChI is InChI=1S/C11H16O3/c1-6-3-8-9(12)5-11(13)14-10(8)4-7(6)2/h5-8,10,12H,3-4H2,1-2H3. The van der Waals surface area contributed by atoms with Gasteiger partial charge < -0.3 is 9.84 Å². The van der Waals surface area contributed by atoms with E-state index in [0.29, 0.717) is 11.8 Å². The Morgan fingerprint density at radius 1 is 1.36 bits per heavy atom. The summed E-state index contributed by atoms with van der Waals surface area (Å²) in [4.78, 5) is 11.1. The number of ether oxygens (including phenoxy) is 1. The first-order valence-corrected chi connectivity index (χ1v) is 5.19. The van der Waals surface area contributed by atoms with E-state index in [4.69, 9.17) is 4.74 Å². The number of aliphatic hydroxyl groups is 1. The minimum absolute atomic E-state index is 0.0406. The molecule has 1 aliphatic carbocycles. The predicted molar refractivity (Wildman–Crippen MR) is 51.6 cm³/mol. The summed E-state index contributed by atoms with van der Waals surface area (Å²) in [5.41, 5.74) is 0. The van der Waals surface area contributed by atoms with Crippen LogP contribution < -0.4 is 0 Å². The number of carbonyl (C=O) groups excluding carboxylic acids is 1. The van der Waals surface area contributed by atoms with Crippen molar-refractivity contribution in [2.24, 2.45) is 17.8 Å². The van der Waals surface area contributed by atoms with Crippen LogP contribution in [-0.2, 0) is 9.53 Å². The zero-order valence-electron chi connectivity index (χ0n) is 8.56. The molecule has 2 aliphatic rings. The molecule has 1 saturated carbocycles. The second-order valence-corrected chi connectivity index (χ2v) is 4.58. The van der Waals surface area contributed by atoms with Gasteiger partial charge in [-0.2, -0.15) is 0 Å². The van der Waals surface area contributed by atoms with Gasteiger partial charge in [0.25, 0.3) is 0 Å². The monoisotopic (exact) mass is 196 g/mol. The minimum atomic E-state index is -0.398. The lowest BCUT2D eigenvalue weighted by molar-refractivity contribution is -0.152. The van der Waals surface area contributed by atoms with E-state index in [1.807, 2.05) is 0 Å². The fourth-order valence-electron chi connectivity index (χ4n) is 2.40. The molecule has 0 spiro atoms. The molecule has 0 aromatic rings. The fourth-order valence-corrected chi connectivity index (χ4v) is 2.40. The Bertz CT molecular complexity index is 282. The Kier molecular flexibility index (Phi) is 2.25. The zero-order valence-corrected chi connectivity index (χ0v) is 8.56. The molecule has 4 atom stereocenters. The maximum Gasteiger partial charge on any atom is 0.334 e. The number of hydrogen-bond donors (Lipinski definition) is 1. The number of aliphatic hydroxyl groups excluding tert-OH is 1. The zero-order chi connectivity index (χ0) is 10.3. The van der Waals surface area contributed by atoms with Crippen LogP contribution in [0.4, 0.5) is 0 Å². The van der Waals surface area contributed by atoms with E-state index in [9.17, 15) is 9.90 Å². The molecule has 1 fully saturated rings. The van der Waals surface area contributed by atoms with Gasteiger partial charge in [0.2, 0.25) is 0 Å². The van der Waals surface area contributed by atoms with Gasteiger partial charge in [0.1, 0.15) is 11.9 Å². The maximum absolute atomic E-state index is 11.1. The number of fused-ring (bicyclic) bond motifs is 1. The lowest BCUT2D eigenvalue weighted by Crippen LogP contribution is -2.40. The Hall–Kier alpha value is -0.990. The van der Waals surface area contributed by atoms with Crippen LogP contribution in [0.15, 0.2) is 11.8 Å². The number of hydrogen-bond acceptors (Lipinski definition) is 3. The first-order valence-electron chi connectivity index (χ1n) is 5.19. The van der Waals surface area contributed by atoms with E-state index < -0.39 is 5.97 Å². The molecule has 0 amide bonds. The van der Waals surface area contributed by atoms with Crippen molar-refractivity contribution in [3.8, 4) is 0 Å². The van der Waals surface area contributed by atoms with Gasteiger partial charge in [-0.3, -0.25) is 0 Å². The summed E-state index contributed by atoms with van der Waals surface area (Å²) in [6.45, 7) is 4.36. The van der Waals surface area contributed by atoms with Crippen molar-refractivity contribution in [1.82, 2.24) is 0 Å². The van der Waals surface area contributed by atoms with Gasteiger partial charge >= 0.3 is 5.97 Å². The molecule has 78 valence electrons. The average molecular weight is 196 g/mol. The third-order valence-corrected chi connectivity index (χ3v) is 3.56. The topological polar surface area (TPSA) is 46.5 Å². The van der Waals surface area contributed by atoms with Gasteiger partial charge in [-0.05, 0) is 24.7 Å². The fraction of sp³-hybridized carbons (Fsp3) is 0.727. The molecule has 1 heterocycles. The van der Waals surface area contributed by atoms with Gasteiger partial charge in [0, 0.05) is 0 Å². The van der Waals surface area contributed by atoms with E-state index in [0.717, 1.165) is 12.8 Å². The summed E-state index contributed by atoms with van der Waals surface area (Å²) in [6, 6.07) is 0. The SMILES string of the molecule is CC1CC2OC(=O)C=C(O)C2CC1C. The molecule has 14 heavy (non-hydrogen) atoms. The molecule has 0 aromatic heterocycles. The Labute approximate surface area is 83.8 Å². The molecule has 1 N–H and O–H groups in total. The largest absolute Gasteiger partial charge is 0.512 e. The Morgan fingerprint density at radius 2 is 2.00 bits per heavy atom. The van der Waals surface area contributed by atoms with Crippen molar-refractivity contribution >= 4 is 5.97 Å². The molecule has 2 rings (SSSR count). The quantitative estimate of drug-likeness (QED) is 0.603. The smallest absolute Gasteiger partial charge is 0.334 e. The predicted octanol–water partition coefficient (Wildman–Crippen LogP) is 2.04. The van der Waals surface area contributed by atoms with Crippen LogP contribution in [-0.4, -0.2) is 17.2 Å². The summed E-state index contributed by atoms with van der Waals surface area (Å²) in [5.74, 6) is 1.01. The van der Waals surface area contributed by atoms with Gasteiger partial charge in [0.05, 0.1) is 12.0 Å². The molecular weight excluding hydrogens is 180 g/mol. The summed E-state index contributed by atoms with van der Waals surface area (Å²) in [7, 11) is 0. The lowest BCUT2D eigenvalue weighted by Gasteiger charge is -2.39. The number of carbonyl (C=O) groups is 1. The molecule has 1 aliphatic heterocycles. The second-order valence-electron chi connectivity index (χ2n) is 4.58. The van der Waals surface area contributed by atoms with Crippen molar-refractivity contribution in [3.05, 3.63) is 11.8 Å². The molecule has 0 aromatic carbocycles. The third kappa shape index (κ3) is 1.51.